The van der Waals surface area contributed by atoms with E-state index in [0.29, 0.717) is 12.8 Å². The maximum atomic E-state index is 13.8. The molecule has 37 heavy (non-hydrogen) atoms. The Morgan fingerprint density at radius 1 is 0.676 bits per heavy atom. The third-order valence-corrected chi connectivity index (χ3v) is 6.05. The highest BCUT2D eigenvalue weighted by Crippen LogP contribution is 2.45. The highest BCUT2D eigenvalue weighted by molar-refractivity contribution is 6.34. The van der Waals surface area contributed by atoms with Gasteiger partial charge in [0.25, 0.3) is 0 Å². The minimum absolute atomic E-state index is 0.116. The fraction of sp³-hybridized carbons (Fsp3) is 0.310. The Bertz CT molecular complexity index is 1330. The fourth-order valence-corrected chi connectivity index (χ4v) is 4.16. The minimum Gasteiger partial charge on any atom is -0.434 e. The molecule has 0 radical (unpaired) electrons. The van der Waals surface area contributed by atoms with Gasteiger partial charge in [0.15, 0.2) is 23.1 Å². The Labute approximate surface area is 214 Å². The molecule has 8 heteroatoms. The Hall–Kier alpha value is -4.20. The molecule has 0 spiro atoms. The number of allylic oxidation sites excluding steroid dienone is 2. The molecule has 4 rings (SSSR count). The number of aryl methyl sites for hydroxylation is 1. The number of fused-ring (bicyclic) bond motifs is 3. The average Bonchev–Trinajstić information content (AvgIpc) is 2.88. The summed E-state index contributed by atoms with van der Waals surface area (Å²) in [6, 6.07) is 11.5. The predicted molar refractivity (Wildman–Crippen MR) is 135 cm³/mol. The van der Waals surface area contributed by atoms with Gasteiger partial charge in [0, 0.05) is 22.3 Å². The molecule has 0 aliphatic heterocycles. The van der Waals surface area contributed by atoms with Gasteiger partial charge in [-0.1, -0.05) is 68.7 Å². The van der Waals surface area contributed by atoms with E-state index in [-0.39, 0.29) is 58.1 Å². The monoisotopic (exact) mass is 504 g/mol. The Kier molecular flexibility index (Phi) is 7.86. The summed E-state index contributed by atoms with van der Waals surface area (Å²) in [4.78, 5) is 52.7. The molecule has 0 heterocycles. The van der Waals surface area contributed by atoms with Crippen molar-refractivity contribution in [1.29, 1.82) is 0 Å². The standard InChI is InChI=1S/C29H28O8/c1-4-6-14-34-28(32)36-26-20-11-9-8-10-18(20)24(30)23-22(26)25(31)19-13-12-17(3)16-21(19)27(23)37-29(33)35-15-7-5-2/h8-13,16H,4-7,14-15H2,1-3H3. The van der Waals surface area contributed by atoms with Crippen molar-refractivity contribution in [2.75, 3.05) is 13.2 Å². The average molecular weight is 505 g/mol. The number of carbonyl (C=O) groups excluding carboxylic acids is 4. The first-order valence-electron chi connectivity index (χ1n) is 12.3. The van der Waals surface area contributed by atoms with Gasteiger partial charge < -0.3 is 18.9 Å². The van der Waals surface area contributed by atoms with Crippen LogP contribution in [0.3, 0.4) is 0 Å². The summed E-state index contributed by atoms with van der Waals surface area (Å²) in [7, 11) is 0. The number of ketones is 2. The van der Waals surface area contributed by atoms with Gasteiger partial charge >= 0.3 is 12.3 Å². The van der Waals surface area contributed by atoms with Crippen LogP contribution in [0.4, 0.5) is 9.59 Å². The van der Waals surface area contributed by atoms with E-state index in [9.17, 15) is 19.2 Å². The van der Waals surface area contributed by atoms with Gasteiger partial charge in [0.2, 0.25) is 0 Å². The molecule has 0 bridgehead atoms. The first kappa shape index (κ1) is 25.9. The molecule has 2 aliphatic rings. The molecular weight excluding hydrogens is 476 g/mol. The Morgan fingerprint density at radius 2 is 1.16 bits per heavy atom. The molecule has 0 amide bonds. The summed E-state index contributed by atoms with van der Waals surface area (Å²) in [5.41, 5.74) is 1.42. The second-order valence-electron chi connectivity index (χ2n) is 8.77. The first-order chi connectivity index (χ1) is 17.9. The van der Waals surface area contributed by atoms with Crippen LogP contribution in [-0.4, -0.2) is 37.1 Å². The van der Waals surface area contributed by atoms with E-state index in [4.69, 9.17) is 18.9 Å². The lowest BCUT2D eigenvalue weighted by atomic mass is 9.76. The van der Waals surface area contributed by atoms with Gasteiger partial charge in [0.1, 0.15) is 0 Å². The Morgan fingerprint density at radius 3 is 1.70 bits per heavy atom. The SMILES string of the molecule is CCCCOC(=O)OC1=C2C(=O)c3ccc(C)cc3C(OC(=O)OCCCC)=C2C(=O)c2ccccc21. The number of benzene rings is 2. The lowest BCUT2D eigenvalue weighted by molar-refractivity contribution is 0.0845. The van der Waals surface area contributed by atoms with E-state index >= 15 is 0 Å². The summed E-state index contributed by atoms with van der Waals surface area (Å²) in [6.45, 7) is 6.02. The maximum absolute atomic E-state index is 13.8. The number of rotatable bonds is 8. The van der Waals surface area contributed by atoms with Crippen LogP contribution in [0.15, 0.2) is 53.6 Å². The van der Waals surface area contributed by atoms with E-state index in [0.717, 1.165) is 18.4 Å². The van der Waals surface area contributed by atoms with Crippen molar-refractivity contribution in [3.8, 4) is 0 Å². The first-order valence-corrected chi connectivity index (χ1v) is 12.3. The Balaban J connectivity index is 1.90. The lowest BCUT2D eigenvalue weighted by Crippen LogP contribution is -2.29. The van der Waals surface area contributed by atoms with Crippen LogP contribution in [0.25, 0.3) is 11.5 Å². The zero-order valence-corrected chi connectivity index (χ0v) is 21.1. The molecule has 2 aromatic carbocycles. The van der Waals surface area contributed by atoms with Crippen molar-refractivity contribution in [3.63, 3.8) is 0 Å². The van der Waals surface area contributed by atoms with E-state index in [1.807, 2.05) is 20.8 Å². The molecule has 192 valence electrons. The van der Waals surface area contributed by atoms with Crippen LogP contribution in [0.2, 0.25) is 0 Å². The number of hydrogen-bond donors (Lipinski definition) is 0. The van der Waals surface area contributed by atoms with Gasteiger partial charge in [-0.3, -0.25) is 9.59 Å². The molecular formula is C29H28O8. The third kappa shape index (κ3) is 5.18. The summed E-state index contributed by atoms with van der Waals surface area (Å²) in [6.07, 6.45) is 0.925. The zero-order chi connectivity index (χ0) is 26.5. The summed E-state index contributed by atoms with van der Waals surface area (Å²) >= 11 is 0. The van der Waals surface area contributed by atoms with Crippen LogP contribution < -0.4 is 0 Å². The maximum Gasteiger partial charge on any atom is 0.513 e. The van der Waals surface area contributed by atoms with Crippen LogP contribution in [0.1, 0.15) is 76.9 Å². The molecule has 0 aromatic heterocycles. The summed E-state index contributed by atoms with van der Waals surface area (Å²) < 4.78 is 21.5. The van der Waals surface area contributed by atoms with Gasteiger partial charge in [0.05, 0.1) is 24.4 Å². The normalized spacial score (nSPS) is 14.0. The molecule has 0 N–H and O–H groups in total. The van der Waals surface area contributed by atoms with Gasteiger partial charge in [-0.25, -0.2) is 9.59 Å². The van der Waals surface area contributed by atoms with Gasteiger partial charge in [-0.05, 0) is 25.8 Å². The largest absolute Gasteiger partial charge is 0.513 e. The zero-order valence-electron chi connectivity index (χ0n) is 21.1. The van der Waals surface area contributed by atoms with Crippen LogP contribution in [0, 0.1) is 6.92 Å². The summed E-state index contributed by atoms with van der Waals surface area (Å²) in [5.74, 6) is -1.30. The van der Waals surface area contributed by atoms with Crippen LogP contribution in [-0.2, 0) is 18.9 Å². The molecule has 0 unspecified atom stereocenters. The molecule has 0 fully saturated rings. The number of ether oxygens (including phenoxy) is 4. The molecule has 0 atom stereocenters. The number of unbranched alkanes of at least 4 members (excludes halogenated alkanes) is 2. The topological polar surface area (TPSA) is 105 Å². The summed E-state index contributed by atoms with van der Waals surface area (Å²) in [5, 5.41) is 0. The molecule has 2 aliphatic carbocycles. The lowest BCUT2D eigenvalue weighted by Gasteiger charge is -2.29. The molecule has 0 saturated carbocycles. The van der Waals surface area contributed by atoms with Crippen LogP contribution in [0.5, 0.6) is 0 Å². The predicted octanol–water partition coefficient (Wildman–Crippen LogP) is 6.42. The quantitative estimate of drug-likeness (QED) is 0.300. The van der Waals surface area contributed by atoms with Crippen molar-refractivity contribution >= 4 is 35.4 Å². The smallest absolute Gasteiger partial charge is 0.434 e. The van der Waals surface area contributed by atoms with Crippen molar-refractivity contribution in [3.05, 3.63) is 81.4 Å². The van der Waals surface area contributed by atoms with Crippen molar-refractivity contribution < 1.29 is 38.1 Å². The second kappa shape index (κ2) is 11.2. The highest BCUT2D eigenvalue weighted by Gasteiger charge is 2.43. The highest BCUT2D eigenvalue weighted by atomic mass is 16.7. The van der Waals surface area contributed by atoms with Gasteiger partial charge in [-0.15, -0.1) is 0 Å². The van der Waals surface area contributed by atoms with Crippen molar-refractivity contribution in [2.45, 2.75) is 46.5 Å². The van der Waals surface area contributed by atoms with E-state index in [2.05, 4.69) is 0 Å². The molecule has 2 aromatic rings. The van der Waals surface area contributed by atoms with Gasteiger partial charge in [-0.2, -0.15) is 0 Å². The fourth-order valence-electron chi connectivity index (χ4n) is 4.16. The van der Waals surface area contributed by atoms with E-state index < -0.39 is 23.9 Å². The van der Waals surface area contributed by atoms with Crippen molar-refractivity contribution in [2.24, 2.45) is 0 Å². The van der Waals surface area contributed by atoms with E-state index in [1.165, 1.54) is 0 Å². The molecule has 0 saturated heterocycles. The number of Topliss-reactive ketones (excluding diaryl/α,β-unsaturated/α-hetero) is 2. The second-order valence-corrected chi connectivity index (χ2v) is 8.77. The number of hydrogen-bond acceptors (Lipinski definition) is 8. The van der Waals surface area contributed by atoms with Crippen LogP contribution >= 0.6 is 0 Å². The number of carbonyl (C=O) groups is 4. The van der Waals surface area contributed by atoms with Crippen molar-refractivity contribution in [1.82, 2.24) is 0 Å². The molecule has 8 nitrogen and oxygen atoms in total. The minimum atomic E-state index is -0.997. The van der Waals surface area contributed by atoms with E-state index in [1.54, 1.807) is 42.5 Å². The third-order valence-electron chi connectivity index (χ3n) is 6.05.